The Morgan fingerprint density at radius 2 is 2.10 bits per heavy atom. The summed E-state index contributed by atoms with van der Waals surface area (Å²) >= 11 is 0. The van der Waals surface area contributed by atoms with E-state index >= 15 is 0 Å². The number of benzene rings is 1. The quantitative estimate of drug-likeness (QED) is 0.863. The number of rotatable bonds is 3. The standard InChI is InChI=1S/C14H16FNO4/c1-14(15)7-11(16(9-14)13(18)19)12(17)20-8-10-5-3-2-4-6-10/h2-6,11H,7-9H2,1H3,(H,18,19)/t11-,14+/m0/s1. The van der Waals surface area contributed by atoms with Crippen LogP contribution in [0.5, 0.6) is 0 Å². The number of hydrogen-bond donors (Lipinski definition) is 1. The first kappa shape index (κ1) is 14.3. The third-order valence-electron chi connectivity index (χ3n) is 3.24. The van der Waals surface area contributed by atoms with Crippen molar-refractivity contribution in [3.05, 3.63) is 35.9 Å². The summed E-state index contributed by atoms with van der Waals surface area (Å²) in [6.07, 6.45) is -1.49. The predicted molar refractivity (Wildman–Crippen MR) is 68.9 cm³/mol. The first-order chi connectivity index (χ1) is 9.39. The number of esters is 1. The molecule has 1 aromatic carbocycles. The molecule has 0 unspecified atom stereocenters. The Balaban J connectivity index is 1.99. The second-order valence-corrected chi connectivity index (χ2v) is 5.14. The first-order valence-electron chi connectivity index (χ1n) is 6.28. The smallest absolute Gasteiger partial charge is 0.408 e. The topological polar surface area (TPSA) is 66.8 Å². The van der Waals surface area contributed by atoms with Gasteiger partial charge in [0.25, 0.3) is 0 Å². The minimum absolute atomic E-state index is 0.0482. The molecule has 1 fully saturated rings. The van der Waals surface area contributed by atoms with Crippen molar-refractivity contribution in [3.8, 4) is 0 Å². The van der Waals surface area contributed by atoms with Crippen molar-refractivity contribution in [2.24, 2.45) is 0 Å². The third-order valence-corrected chi connectivity index (χ3v) is 3.24. The molecule has 1 aliphatic rings. The predicted octanol–water partition coefficient (Wildman–Crippen LogP) is 2.21. The van der Waals surface area contributed by atoms with Crippen LogP contribution in [0, 0.1) is 0 Å². The Hall–Kier alpha value is -2.11. The van der Waals surface area contributed by atoms with Gasteiger partial charge in [0.2, 0.25) is 0 Å². The van der Waals surface area contributed by atoms with Crippen molar-refractivity contribution in [2.75, 3.05) is 6.54 Å². The highest BCUT2D eigenvalue weighted by molar-refractivity contribution is 5.81. The summed E-state index contributed by atoms with van der Waals surface area (Å²) in [7, 11) is 0. The summed E-state index contributed by atoms with van der Waals surface area (Å²) in [6.45, 7) is 1.02. The lowest BCUT2D eigenvalue weighted by Crippen LogP contribution is -2.40. The van der Waals surface area contributed by atoms with Gasteiger partial charge in [-0.3, -0.25) is 4.90 Å². The lowest BCUT2D eigenvalue weighted by molar-refractivity contribution is -0.149. The molecule has 108 valence electrons. The van der Waals surface area contributed by atoms with Gasteiger partial charge in [0.15, 0.2) is 0 Å². The Labute approximate surface area is 116 Å². The van der Waals surface area contributed by atoms with Crippen LogP contribution < -0.4 is 0 Å². The van der Waals surface area contributed by atoms with E-state index in [0.717, 1.165) is 10.5 Å². The van der Waals surface area contributed by atoms with Gasteiger partial charge in [0, 0.05) is 6.42 Å². The maximum absolute atomic E-state index is 13.9. The van der Waals surface area contributed by atoms with Gasteiger partial charge < -0.3 is 9.84 Å². The van der Waals surface area contributed by atoms with E-state index in [4.69, 9.17) is 9.84 Å². The molecule has 20 heavy (non-hydrogen) atoms. The molecule has 0 aliphatic carbocycles. The van der Waals surface area contributed by atoms with Crippen LogP contribution in [0.25, 0.3) is 0 Å². The van der Waals surface area contributed by atoms with Crippen molar-refractivity contribution in [1.29, 1.82) is 0 Å². The first-order valence-corrected chi connectivity index (χ1v) is 6.28. The molecule has 1 amide bonds. The number of alkyl halides is 1. The molecule has 1 N–H and O–H groups in total. The highest BCUT2D eigenvalue weighted by Gasteiger charge is 2.47. The molecule has 1 aromatic rings. The number of carbonyl (C=O) groups is 2. The molecular weight excluding hydrogens is 265 g/mol. The molecule has 1 heterocycles. The number of carbonyl (C=O) groups excluding carboxylic acids is 1. The monoisotopic (exact) mass is 281 g/mol. The summed E-state index contributed by atoms with van der Waals surface area (Å²) in [4.78, 5) is 23.8. The van der Waals surface area contributed by atoms with Gasteiger partial charge in [-0.25, -0.2) is 14.0 Å². The molecule has 2 atom stereocenters. The normalized spacial score (nSPS) is 25.5. The van der Waals surface area contributed by atoms with E-state index in [1.165, 1.54) is 6.92 Å². The minimum Gasteiger partial charge on any atom is -0.465 e. The van der Waals surface area contributed by atoms with Crippen LogP contribution in [0.15, 0.2) is 30.3 Å². The molecular formula is C14H16FNO4. The number of nitrogens with zero attached hydrogens (tertiary/aromatic N) is 1. The summed E-state index contributed by atoms with van der Waals surface area (Å²) in [6, 6.07) is 7.95. The van der Waals surface area contributed by atoms with Gasteiger partial charge >= 0.3 is 12.1 Å². The van der Waals surface area contributed by atoms with E-state index in [0.29, 0.717) is 0 Å². The fraction of sp³-hybridized carbons (Fsp3) is 0.429. The Morgan fingerprint density at radius 3 is 2.70 bits per heavy atom. The van der Waals surface area contributed by atoms with E-state index in [-0.39, 0.29) is 19.6 Å². The maximum atomic E-state index is 13.9. The van der Waals surface area contributed by atoms with Gasteiger partial charge in [-0.05, 0) is 12.5 Å². The fourth-order valence-electron chi connectivity index (χ4n) is 2.28. The average Bonchev–Trinajstić information content (AvgIpc) is 2.74. The van der Waals surface area contributed by atoms with E-state index < -0.39 is 23.8 Å². The zero-order valence-corrected chi connectivity index (χ0v) is 11.1. The van der Waals surface area contributed by atoms with Gasteiger partial charge in [-0.15, -0.1) is 0 Å². The van der Waals surface area contributed by atoms with E-state index in [1.54, 1.807) is 24.3 Å². The van der Waals surface area contributed by atoms with Gasteiger partial charge in [0.1, 0.15) is 18.3 Å². The number of ether oxygens (including phenoxy) is 1. The van der Waals surface area contributed by atoms with Crippen molar-refractivity contribution in [2.45, 2.75) is 31.7 Å². The molecule has 0 aromatic heterocycles. The van der Waals surface area contributed by atoms with Crippen molar-refractivity contribution < 1.29 is 23.8 Å². The Morgan fingerprint density at radius 1 is 1.45 bits per heavy atom. The highest BCUT2D eigenvalue weighted by Crippen LogP contribution is 2.31. The van der Waals surface area contributed by atoms with Crippen LogP contribution in [0.2, 0.25) is 0 Å². The van der Waals surface area contributed by atoms with Gasteiger partial charge in [-0.2, -0.15) is 0 Å². The largest absolute Gasteiger partial charge is 0.465 e. The zero-order valence-electron chi connectivity index (χ0n) is 11.1. The lowest BCUT2D eigenvalue weighted by atomic mass is 10.1. The van der Waals surface area contributed by atoms with Gasteiger partial charge in [-0.1, -0.05) is 30.3 Å². The molecule has 0 saturated carbocycles. The highest BCUT2D eigenvalue weighted by atomic mass is 19.1. The molecule has 0 bridgehead atoms. The molecule has 6 heteroatoms. The van der Waals surface area contributed by atoms with Crippen molar-refractivity contribution in [1.82, 2.24) is 4.90 Å². The number of amides is 1. The van der Waals surface area contributed by atoms with Crippen LogP contribution in [-0.4, -0.2) is 40.3 Å². The summed E-state index contributed by atoms with van der Waals surface area (Å²) in [5.41, 5.74) is -0.904. The SMILES string of the molecule is C[C@@]1(F)C[C@@H](C(=O)OCc2ccccc2)N(C(=O)O)C1. The van der Waals surface area contributed by atoms with E-state index in [1.807, 2.05) is 6.07 Å². The molecule has 0 spiro atoms. The van der Waals surface area contributed by atoms with Crippen LogP contribution >= 0.6 is 0 Å². The Kier molecular flexibility index (Phi) is 3.92. The van der Waals surface area contributed by atoms with Crippen LogP contribution in [0.3, 0.4) is 0 Å². The number of carboxylic acid groups (broad SMARTS) is 1. The van der Waals surface area contributed by atoms with E-state index in [9.17, 15) is 14.0 Å². The molecule has 1 saturated heterocycles. The number of likely N-dealkylation sites (tertiary alicyclic amines) is 1. The number of hydrogen-bond acceptors (Lipinski definition) is 3. The van der Waals surface area contributed by atoms with Crippen LogP contribution in [-0.2, 0) is 16.1 Å². The average molecular weight is 281 g/mol. The lowest BCUT2D eigenvalue weighted by Gasteiger charge is -2.19. The maximum Gasteiger partial charge on any atom is 0.408 e. The summed E-state index contributed by atoms with van der Waals surface area (Å²) < 4.78 is 19.0. The summed E-state index contributed by atoms with van der Waals surface area (Å²) in [5, 5.41) is 9.00. The van der Waals surface area contributed by atoms with Crippen molar-refractivity contribution in [3.63, 3.8) is 0 Å². The molecule has 5 nitrogen and oxygen atoms in total. The molecule has 2 rings (SSSR count). The zero-order chi connectivity index (χ0) is 14.8. The molecule has 1 aliphatic heterocycles. The Bertz CT molecular complexity index is 503. The number of halogens is 1. The second-order valence-electron chi connectivity index (χ2n) is 5.14. The minimum atomic E-state index is -1.70. The summed E-state index contributed by atoms with van der Waals surface area (Å²) in [5.74, 6) is -0.711. The molecule has 0 radical (unpaired) electrons. The van der Waals surface area contributed by atoms with Crippen LogP contribution in [0.1, 0.15) is 18.9 Å². The second kappa shape index (κ2) is 5.48. The van der Waals surface area contributed by atoms with Crippen LogP contribution in [0.4, 0.5) is 9.18 Å². The fourth-order valence-corrected chi connectivity index (χ4v) is 2.28. The third kappa shape index (κ3) is 3.26. The van der Waals surface area contributed by atoms with Crippen molar-refractivity contribution >= 4 is 12.1 Å². The van der Waals surface area contributed by atoms with Gasteiger partial charge in [0.05, 0.1) is 6.54 Å². The van der Waals surface area contributed by atoms with E-state index in [2.05, 4.69) is 0 Å².